The van der Waals surface area contributed by atoms with Crippen molar-refractivity contribution in [3.05, 3.63) is 39.8 Å². The van der Waals surface area contributed by atoms with E-state index in [1.54, 1.807) is 22.9 Å². The summed E-state index contributed by atoms with van der Waals surface area (Å²) in [4.78, 5) is 8.46. The van der Waals surface area contributed by atoms with Crippen LogP contribution in [0.15, 0.2) is 29.8 Å². The maximum absolute atomic E-state index is 6.12. The van der Waals surface area contributed by atoms with Crippen LogP contribution >= 0.6 is 34.5 Å². The minimum atomic E-state index is 0.359. The Morgan fingerprint density at radius 2 is 1.90 bits per heavy atom. The van der Waals surface area contributed by atoms with Gasteiger partial charge in [-0.05, 0) is 24.3 Å². The zero-order valence-corrected chi connectivity index (χ0v) is 12.4. The first kappa shape index (κ1) is 13.4. The van der Waals surface area contributed by atoms with Gasteiger partial charge in [0.05, 0.1) is 25.8 Å². The van der Waals surface area contributed by atoms with Gasteiger partial charge in [-0.1, -0.05) is 23.2 Å². The second-order valence-electron chi connectivity index (χ2n) is 3.95. The number of nitrogen functional groups attached to an aromatic ring is 1. The summed E-state index contributed by atoms with van der Waals surface area (Å²) < 4.78 is 1.08. The predicted octanol–water partition coefficient (Wildman–Crippen LogP) is 4.03. The third-order valence-corrected chi connectivity index (χ3v) is 4.03. The number of hydrogen-bond donors (Lipinski definition) is 3. The van der Waals surface area contributed by atoms with Crippen molar-refractivity contribution >= 4 is 62.1 Å². The van der Waals surface area contributed by atoms with Crippen LogP contribution in [-0.4, -0.2) is 9.97 Å². The number of aromatic nitrogens is 2. The summed E-state index contributed by atoms with van der Waals surface area (Å²) in [5.41, 5.74) is 6.05. The van der Waals surface area contributed by atoms with Gasteiger partial charge in [-0.15, -0.1) is 11.3 Å². The van der Waals surface area contributed by atoms with Crippen LogP contribution in [0.3, 0.4) is 0 Å². The van der Waals surface area contributed by atoms with E-state index in [9.17, 15) is 0 Å². The Hall–Kier alpha value is -1.60. The summed E-state index contributed by atoms with van der Waals surface area (Å²) in [5.74, 6) is 6.19. The highest BCUT2D eigenvalue weighted by atomic mass is 35.5. The van der Waals surface area contributed by atoms with Gasteiger partial charge in [-0.2, -0.15) is 0 Å². The third-order valence-electron chi connectivity index (χ3n) is 2.66. The first-order valence-electron chi connectivity index (χ1n) is 5.60. The number of benzene rings is 1. The maximum Gasteiger partial charge on any atom is 0.161 e. The predicted molar refractivity (Wildman–Crippen MR) is 85.0 cm³/mol. The van der Waals surface area contributed by atoms with Crippen molar-refractivity contribution < 1.29 is 0 Å². The molecule has 0 aliphatic heterocycles. The van der Waals surface area contributed by atoms with Crippen LogP contribution in [0.2, 0.25) is 10.0 Å². The largest absolute Gasteiger partial charge is 0.339 e. The van der Waals surface area contributed by atoms with Crippen LogP contribution in [-0.2, 0) is 0 Å². The number of hydrazine groups is 1. The SMILES string of the molecule is NNc1nc(Nc2ccc3ncsc3c2)c(Cl)cc1Cl. The number of fused-ring (bicyclic) bond motifs is 1. The van der Waals surface area contributed by atoms with Gasteiger partial charge in [0.25, 0.3) is 0 Å². The van der Waals surface area contributed by atoms with E-state index in [-0.39, 0.29) is 0 Å². The highest BCUT2D eigenvalue weighted by molar-refractivity contribution is 7.16. The summed E-state index contributed by atoms with van der Waals surface area (Å²) in [5, 5.41) is 3.91. The van der Waals surface area contributed by atoms with Crippen LogP contribution in [0.25, 0.3) is 10.2 Å². The summed E-state index contributed by atoms with van der Waals surface area (Å²) in [6, 6.07) is 7.40. The lowest BCUT2D eigenvalue weighted by molar-refractivity contribution is 1.22. The van der Waals surface area contributed by atoms with Crippen molar-refractivity contribution in [1.82, 2.24) is 9.97 Å². The molecule has 0 aliphatic carbocycles. The molecule has 0 saturated carbocycles. The quantitative estimate of drug-likeness (QED) is 0.500. The summed E-state index contributed by atoms with van der Waals surface area (Å²) in [7, 11) is 0. The molecule has 2 heterocycles. The Labute approximate surface area is 128 Å². The molecule has 0 fully saturated rings. The standard InChI is InChI=1S/C12H9Cl2N5S/c13-7-4-8(14)12(19-15)18-11(7)17-6-1-2-9-10(3-6)20-5-16-9/h1-5H,15H2,(H2,17,18,19). The van der Waals surface area contributed by atoms with E-state index >= 15 is 0 Å². The number of nitrogens with zero attached hydrogens (tertiary/aromatic N) is 2. The Morgan fingerprint density at radius 3 is 2.70 bits per heavy atom. The normalized spacial score (nSPS) is 10.8. The zero-order valence-electron chi connectivity index (χ0n) is 10.0. The molecule has 20 heavy (non-hydrogen) atoms. The molecule has 4 N–H and O–H groups in total. The average Bonchev–Trinajstić information content (AvgIpc) is 2.89. The monoisotopic (exact) mass is 325 g/mol. The van der Waals surface area contributed by atoms with Gasteiger partial charge < -0.3 is 10.7 Å². The van der Waals surface area contributed by atoms with Crippen LogP contribution in [0.1, 0.15) is 0 Å². The van der Waals surface area contributed by atoms with Gasteiger partial charge in [0.2, 0.25) is 0 Å². The molecule has 0 unspecified atom stereocenters. The van der Waals surface area contributed by atoms with Crippen molar-refractivity contribution in [2.75, 3.05) is 10.7 Å². The van der Waals surface area contributed by atoms with E-state index in [2.05, 4.69) is 20.7 Å². The van der Waals surface area contributed by atoms with Gasteiger partial charge >= 0.3 is 0 Å². The Kier molecular flexibility index (Phi) is 3.62. The van der Waals surface area contributed by atoms with Crippen molar-refractivity contribution in [3.63, 3.8) is 0 Å². The molecule has 1 aromatic carbocycles. The van der Waals surface area contributed by atoms with E-state index in [1.807, 2.05) is 18.2 Å². The Morgan fingerprint density at radius 1 is 1.10 bits per heavy atom. The van der Waals surface area contributed by atoms with Crippen LogP contribution in [0.5, 0.6) is 0 Å². The molecule has 3 aromatic rings. The lowest BCUT2D eigenvalue weighted by Crippen LogP contribution is -2.10. The maximum atomic E-state index is 6.12. The summed E-state index contributed by atoms with van der Waals surface area (Å²) in [6.07, 6.45) is 0. The van der Waals surface area contributed by atoms with E-state index in [0.717, 1.165) is 15.9 Å². The van der Waals surface area contributed by atoms with Gasteiger partial charge in [0.15, 0.2) is 11.6 Å². The number of halogens is 2. The fourth-order valence-electron chi connectivity index (χ4n) is 1.73. The lowest BCUT2D eigenvalue weighted by Gasteiger charge is -2.10. The first-order chi connectivity index (χ1) is 9.67. The Balaban J connectivity index is 1.97. The molecule has 3 rings (SSSR count). The van der Waals surface area contributed by atoms with Crippen LogP contribution in [0, 0.1) is 0 Å². The minimum Gasteiger partial charge on any atom is -0.339 e. The molecule has 0 atom stereocenters. The molecule has 2 aromatic heterocycles. The Bertz CT molecular complexity index is 774. The highest BCUT2D eigenvalue weighted by Gasteiger charge is 2.09. The molecule has 8 heteroatoms. The average molecular weight is 326 g/mol. The number of hydrogen-bond acceptors (Lipinski definition) is 6. The second-order valence-corrected chi connectivity index (χ2v) is 5.65. The topological polar surface area (TPSA) is 75.9 Å². The number of anilines is 3. The molecule has 0 saturated heterocycles. The number of nitrogens with two attached hydrogens (primary N) is 1. The van der Waals surface area contributed by atoms with E-state index in [1.165, 1.54) is 0 Å². The van der Waals surface area contributed by atoms with E-state index in [4.69, 9.17) is 29.0 Å². The smallest absolute Gasteiger partial charge is 0.161 e. The van der Waals surface area contributed by atoms with Crippen molar-refractivity contribution in [2.45, 2.75) is 0 Å². The molecule has 0 radical (unpaired) electrons. The molecular formula is C12H9Cl2N5S. The molecule has 0 amide bonds. The number of nitrogens with one attached hydrogen (secondary N) is 2. The molecule has 0 spiro atoms. The van der Waals surface area contributed by atoms with E-state index in [0.29, 0.717) is 21.7 Å². The van der Waals surface area contributed by atoms with Crippen molar-refractivity contribution in [2.24, 2.45) is 5.84 Å². The minimum absolute atomic E-state index is 0.359. The highest BCUT2D eigenvalue weighted by Crippen LogP contribution is 2.31. The van der Waals surface area contributed by atoms with Crippen LogP contribution < -0.4 is 16.6 Å². The van der Waals surface area contributed by atoms with Gasteiger partial charge in [-0.3, -0.25) is 0 Å². The van der Waals surface area contributed by atoms with Crippen LogP contribution in [0.4, 0.5) is 17.3 Å². The number of rotatable bonds is 3. The van der Waals surface area contributed by atoms with Gasteiger partial charge in [-0.25, -0.2) is 15.8 Å². The zero-order chi connectivity index (χ0) is 14.1. The molecule has 0 bridgehead atoms. The summed E-state index contributed by atoms with van der Waals surface area (Å²) in [6.45, 7) is 0. The molecule has 0 aliphatic rings. The second kappa shape index (κ2) is 5.41. The van der Waals surface area contributed by atoms with Crippen molar-refractivity contribution in [1.29, 1.82) is 0 Å². The number of pyridine rings is 1. The molecular weight excluding hydrogens is 317 g/mol. The molecule has 5 nitrogen and oxygen atoms in total. The molecule has 102 valence electrons. The number of thiazole rings is 1. The fourth-order valence-corrected chi connectivity index (χ4v) is 2.90. The van der Waals surface area contributed by atoms with E-state index < -0.39 is 0 Å². The first-order valence-corrected chi connectivity index (χ1v) is 7.24. The van der Waals surface area contributed by atoms with Gasteiger partial charge in [0.1, 0.15) is 0 Å². The summed E-state index contributed by atoms with van der Waals surface area (Å²) >= 11 is 13.6. The third kappa shape index (κ3) is 2.51. The lowest BCUT2D eigenvalue weighted by atomic mass is 10.3. The fraction of sp³-hybridized carbons (Fsp3) is 0. The van der Waals surface area contributed by atoms with Gasteiger partial charge in [0, 0.05) is 5.69 Å². The van der Waals surface area contributed by atoms with Crippen molar-refractivity contribution in [3.8, 4) is 0 Å².